The van der Waals surface area contributed by atoms with E-state index in [2.05, 4.69) is 13.0 Å². The summed E-state index contributed by atoms with van der Waals surface area (Å²) >= 11 is 0. The van der Waals surface area contributed by atoms with Crippen molar-refractivity contribution in [2.24, 2.45) is 0 Å². The van der Waals surface area contributed by atoms with Gasteiger partial charge in [-0.15, -0.1) is 0 Å². The normalized spacial score (nSPS) is 15.7. The molecule has 1 aliphatic carbocycles. The van der Waals surface area contributed by atoms with E-state index >= 15 is 0 Å². The van der Waals surface area contributed by atoms with Crippen molar-refractivity contribution in [2.45, 2.75) is 38.8 Å². The van der Waals surface area contributed by atoms with Gasteiger partial charge in [-0.2, -0.15) is 0 Å². The smallest absolute Gasteiger partial charge is 0.255 e. The number of hydrogen-bond acceptors (Lipinski definition) is 2. The molecule has 1 atom stereocenters. The zero-order valence-electron chi connectivity index (χ0n) is 18.6. The molecule has 3 nitrogen and oxygen atoms in total. The van der Waals surface area contributed by atoms with Crippen molar-refractivity contribution in [1.29, 1.82) is 0 Å². The van der Waals surface area contributed by atoms with E-state index in [1.165, 1.54) is 17.7 Å². The summed E-state index contributed by atoms with van der Waals surface area (Å²) in [5.74, 6) is 0.470. The standard InChI is InChI=1S/C28H28FNO2/c1-20-10-16-24(17-11-20)30(19-21-12-14-23(29)15-13-21)28(31)27-9-4-3-8-26(27)22-6-5-7-25(18-22)32-2/h3-10,12-15,18,24H,11,16-17,19H2,1-2H3. The van der Waals surface area contributed by atoms with Crippen LogP contribution in [0.3, 0.4) is 0 Å². The first kappa shape index (κ1) is 21.8. The summed E-state index contributed by atoms with van der Waals surface area (Å²) < 4.78 is 18.8. The van der Waals surface area contributed by atoms with Crippen molar-refractivity contribution in [2.75, 3.05) is 7.11 Å². The third kappa shape index (κ3) is 4.91. The van der Waals surface area contributed by atoms with E-state index in [-0.39, 0.29) is 17.8 Å². The van der Waals surface area contributed by atoms with Gasteiger partial charge in [-0.3, -0.25) is 4.79 Å². The van der Waals surface area contributed by atoms with E-state index in [0.29, 0.717) is 12.1 Å². The highest BCUT2D eigenvalue weighted by molar-refractivity contribution is 6.01. The number of allylic oxidation sites excluding steroid dienone is 1. The minimum atomic E-state index is -0.272. The van der Waals surface area contributed by atoms with Crippen LogP contribution in [0.15, 0.2) is 84.4 Å². The summed E-state index contributed by atoms with van der Waals surface area (Å²) in [6.45, 7) is 2.59. The molecule has 4 rings (SSSR count). The molecule has 0 spiro atoms. The molecule has 1 amide bonds. The summed E-state index contributed by atoms with van der Waals surface area (Å²) in [5.41, 5.74) is 4.77. The Balaban J connectivity index is 1.71. The largest absolute Gasteiger partial charge is 0.497 e. The Morgan fingerprint density at radius 2 is 1.84 bits per heavy atom. The van der Waals surface area contributed by atoms with Gasteiger partial charge < -0.3 is 9.64 Å². The summed E-state index contributed by atoms with van der Waals surface area (Å²) in [6.07, 6.45) is 4.97. The monoisotopic (exact) mass is 429 g/mol. The van der Waals surface area contributed by atoms with Crippen molar-refractivity contribution >= 4 is 5.91 Å². The second-order valence-corrected chi connectivity index (χ2v) is 8.32. The number of nitrogens with zero attached hydrogens (tertiary/aromatic N) is 1. The molecular formula is C28H28FNO2. The van der Waals surface area contributed by atoms with E-state index in [4.69, 9.17) is 4.74 Å². The number of ether oxygens (including phenoxy) is 1. The Hall–Kier alpha value is -3.40. The van der Waals surface area contributed by atoms with Crippen LogP contribution in [-0.4, -0.2) is 24.0 Å². The third-order valence-corrected chi connectivity index (χ3v) is 6.12. The highest BCUT2D eigenvalue weighted by atomic mass is 19.1. The van der Waals surface area contributed by atoms with Gasteiger partial charge in [0.2, 0.25) is 0 Å². The Morgan fingerprint density at radius 1 is 1.06 bits per heavy atom. The van der Waals surface area contributed by atoms with Crippen molar-refractivity contribution < 1.29 is 13.9 Å². The van der Waals surface area contributed by atoms with Crippen LogP contribution >= 0.6 is 0 Å². The van der Waals surface area contributed by atoms with Crippen LogP contribution in [0.4, 0.5) is 4.39 Å². The Bertz CT molecular complexity index is 1120. The average Bonchev–Trinajstić information content (AvgIpc) is 2.84. The van der Waals surface area contributed by atoms with E-state index in [1.54, 1.807) is 19.2 Å². The lowest BCUT2D eigenvalue weighted by Gasteiger charge is -2.34. The van der Waals surface area contributed by atoms with Crippen LogP contribution in [0.2, 0.25) is 0 Å². The Morgan fingerprint density at radius 3 is 2.56 bits per heavy atom. The minimum Gasteiger partial charge on any atom is -0.497 e. The van der Waals surface area contributed by atoms with Crippen molar-refractivity contribution in [3.8, 4) is 16.9 Å². The molecule has 0 radical (unpaired) electrons. The number of carbonyl (C=O) groups excluding carboxylic acids is 1. The predicted octanol–water partition coefficient (Wildman–Crippen LogP) is 6.64. The Kier molecular flexibility index (Phi) is 6.69. The number of hydrogen-bond donors (Lipinski definition) is 0. The molecule has 1 aliphatic rings. The number of benzene rings is 3. The zero-order chi connectivity index (χ0) is 22.5. The molecule has 1 unspecified atom stereocenters. The fourth-order valence-corrected chi connectivity index (χ4v) is 4.25. The van der Waals surface area contributed by atoms with Crippen LogP contribution < -0.4 is 4.74 Å². The quantitative estimate of drug-likeness (QED) is 0.411. The number of rotatable bonds is 6. The highest BCUT2D eigenvalue weighted by Gasteiger charge is 2.27. The Labute approximate surface area is 189 Å². The van der Waals surface area contributed by atoms with Gasteiger partial charge >= 0.3 is 0 Å². The molecule has 0 aromatic heterocycles. The number of halogens is 1. The molecule has 0 saturated heterocycles. The molecule has 32 heavy (non-hydrogen) atoms. The van der Waals surface area contributed by atoms with E-state index in [1.807, 2.05) is 53.4 Å². The van der Waals surface area contributed by atoms with Gasteiger partial charge in [-0.05, 0) is 73.2 Å². The first-order valence-corrected chi connectivity index (χ1v) is 11.0. The molecule has 3 aromatic carbocycles. The lowest BCUT2D eigenvalue weighted by molar-refractivity contribution is 0.0648. The maximum atomic E-state index is 13.9. The van der Waals surface area contributed by atoms with Gasteiger partial charge in [-0.1, -0.05) is 54.1 Å². The minimum absolute atomic E-state index is 0.00861. The second-order valence-electron chi connectivity index (χ2n) is 8.32. The number of amides is 1. The van der Waals surface area contributed by atoms with Gasteiger partial charge in [0, 0.05) is 18.2 Å². The molecule has 0 fully saturated rings. The summed E-state index contributed by atoms with van der Waals surface area (Å²) in [5, 5.41) is 0. The first-order chi connectivity index (χ1) is 15.5. The number of carbonyl (C=O) groups is 1. The summed E-state index contributed by atoms with van der Waals surface area (Å²) in [4.78, 5) is 15.9. The van der Waals surface area contributed by atoms with Crippen LogP contribution in [0.5, 0.6) is 5.75 Å². The van der Waals surface area contributed by atoms with E-state index < -0.39 is 0 Å². The van der Waals surface area contributed by atoms with Crippen LogP contribution in [0.25, 0.3) is 11.1 Å². The van der Waals surface area contributed by atoms with E-state index in [9.17, 15) is 9.18 Å². The van der Waals surface area contributed by atoms with E-state index in [0.717, 1.165) is 41.7 Å². The third-order valence-electron chi connectivity index (χ3n) is 6.12. The molecule has 4 heteroatoms. The molecule has 0 saturated carbocycles. The van der Waals surface area contributed by atoms with Crippen LogP contribution in [0.1, 0.15) is 42.1 Å². The lowest BCUT2D eigenvalue weighted by atomic mass is 9.93. The average molecular weight is 430 g/mol. The second kappa shape index (κ2) is 9.82. The predicted molar refractivity (Wildman–Crippen MR) is 126 cm³/mol. The fourth-order valence-electron chi connectivity index (χ4n) is 4.25. The lowest BCUT2D eigenvalue weighted by Crippen LogP contribution is -2.40. The molecule has 3 aromatic rings. The van der Waals surface area contributed by atoms with Crippen LogP contribution in [-0.2, 0) is 6.54 Å². The van der Waals surface area contributed by atoms with Gasteiger partial charge in [0.1, 0.15) is 11.6 Å². The topological polar surface area (TPSA) is 29.5 Å². The maximum Gasteiger partial charge on any atom is 0.255 e. The summed E-state index contributed by atoms with van der Waals surface area (Å²) in [6, 6.07) is 22.0. The highest BCUT2D eigenvalue weighted by Crippen LogP contribution is 2.31. The SMILES string of the molecule is COc1cccc(-c2ccccc2C(=O)N(Cc2ccc(F)cc2)C2CC=C(C)CC2)c1. The van der Waals surface area contributed by atoms with Gasteiger partial charge in [0.05, 0.1) is 7.11 Å². The molecule has 0 heterocycles. The fraction of sp³-hybridized carbons (Fsp3) is 0.250. The number of methoxy groups -OCH3 is 1. The van der Waals surface area contributed by atoms with Gasteiger partial charge in [0.25, 0.3) is 5.91 Å². The van der Waals surface area contributed by atoms with Gasteiger partial charge in [0.15, 0.2) is 0 Å². The molecule has 164 valence electrons. The molecule has 0 N–H and O–H groups in total. The molecule has 0 bridgehead atoms. The van der Waals surface area contributed by atoms with Crippen molar-refractivity contribution in [3.63, 3.8) is 0 Å². The first-order valence-electron chi connectivity index (χ1n) is 11.0. The van der Waals surface area contributed by atoms with Crippen LogP contribution in [0, 0.1) is 5.82 Å². The van der Waals surface area contributed by atoms with Crippen molar-refractivity contribution in [1.82, 2.24) is 4.90 Å². The molecule has 0 aliphatic heterocycles. The maximum absolute atomic E-state index is 13.9. The van der Waals surface area contributed by atoms with Crippen molar-refractivity contribution in [3.05, 3.63) is 101 Å². The molecular weight excluding hydrogens is 401 g/mol. The zero-order valence-corrected chi connectivity index (χ0v) is 18.6. The van der Waals surface area contributed by atoms with Gasteiger partial charge in [-0.25, -0.2) is 4.39 Å². The summed E-state index contributed by atoms with van der Waals surface area (Å²) in [7, 11) is 1.64.